The van der Waals surface area contributed by atoms with E-state index in [1.807, 2.05) is 0 Å². The van der Waals surface area contributed by atoms with Gasteiger partial charge in [0.05, 0.1) is 35.3 Å². The van der Waals surface area contributed by atoms with Crippen LogP contribution in [-0.4, -0.2) is 30.4 Å². The standard InChI is InChI=1S/C16H15FN6O3/c1-11-6-15(23(25)26)20-22(11)10-16(24)19-13-7-18-21(9-13)8-12-4-2-3-5-14(12)17/h2-7,9H,8,10H2,1H3,(H,19,24). The molecule has 1 N–H and O–H groups in total. The minimum atomic E-state index is -0.617. The molecule has 2 heterocycles. The van der Waals surface area contributed by atoms with Crippen LogP contribution in [0.4, 0.5) is 15.9 Å². The van der Waals surface area contributed by atoms with Crippen LogP contribution in [0, 0.1) is 22.9 Å². The second-order valence-corrected chi connectivity index (χ2v) is 5.62. The molecule has 10 heteroatoms. The Morgan fingerprint density at radius 2 is 2.15 bits per heavy atom. The van der Waals surface area contributed by atoms with Gasteiger partial charge in [-0.2, -0.15) is 9.78 Å². The number of carbonyl (C=O) groups is 1. The number of anilines is 1. The van der Waals surface area contributed by atoms with Crippen molar-refractivity contribution >= 4 is 17.4 Å². The molecule has 1 aromatic carbocycles. The number of halogens is 1. The number of nitrogens with zero attached hydrogens (tertiary/aromatic N) is 5. The highest BCUT2D eigenvalue weighted by Gasteiger charge is 2.17. The van der Waals surface area contributed by atoms with Gasteiger partial charge in [-0.05, 0) is 17.9 Å². The molecule has 3 aromatic rings. The zero-order valence-electron chi connectivity index (χ0n) is 13.8. The summed E-state index contributed by atoms with van der Waals surface area (Å²) in [4.78, 5) is 22.2. The lowest BCUT2D eigenvalue weighted by atomic mass is 10.2. The number of nitrogens with one attached hydrogen (secondary N) is 1. The van der Waals surface area contributed by atoms with E-state index in [-0.39, 0.29) is 24.7 Å². The number of aryl methyl sites for hydroxylation is 1. The maximum atomic E-state index is 13.7. The summed E-state index contributed by atoms with van der Waals surface area (Å²) in [5.74, 6) is -1.05. The molecule has 0 aliphatic heterocycles. The highest BCUT2D eigenvalue weighted by Crippen LogP contribution is 2.13. The molecule has 9 nitrogen and oxygen atoms in total. The van der Waals surface area contributed by atoms with Crippen molar-refractivity contribution in [3.8, 4) is 0 Å². The highest BCUT2D eigenvalue weighted by atomic mass is 19.1. The Bertz CT molecular complexity index is 965. The summed E-state index contributed by atoms with van der Waals surface area (Å²) in [6.45, 7) is 1.69. The SMILES string of the molecule is Cc1cc([N+](=O)[O-])nn1CC(=O)Nc1cnn(Cc2ccccc2F)c1. The highest BCUT2D eigenvalue weighted by molar-refractivity contribution is 5.90. The largest absolute Gasteiger partial charge is 0.390 e. The number of hydrogen-bond acceptors (Lipinski definition) is 5. The molecule has 0 aliphatic rings. The summed E-state index contributed by atoms with van der Waals surface area (Å²) in [7, 11) is 0. The van der Waals surface area contributed by atoms with Crippen molar-refractivity contribution in [3.63, 3.8) is 0 Å². The number of nitro groups is 1. The average molecular weight is 358 g/mol. The Balaban J connectivity index is 1.63. The van der Waals surface area contributed by atoms with Gasteiger partial charge in [0, 0.05) is 11.8 Å². The molecule has 2 aromatic heterocycles. The summed E-state index contributed by atoms with van der Waals surface area (Å²) in [6.07, 6.45) is 3.01. The van der Waals surface area contributed by atoms with E-state index in [0.717, 1.165) is 0 Å². The fourth-order valence-corrected chi connectivity index (χ4v) is 2.39. The lowest BCUT2D eigenvalue weighted by Gasteiger charge is -2.03. The van der Waals surface area contributed by atoms with E-state index in [9.17, 15) is 19.3 Å². The normalized spacial score (nSPS) is 10.7. The van der Waals surface area contributed by atoms with Crippen LogP contribution in [0.15, 0.2) is 42.7 Å². The third kappa shape index (κ3) is 3.91. The molecule has 0 atom stereocenters. The summed E-state index contributed by atoms with van der Waals surface area (Å²) in [5.41, 5.74) is 1.42. The zero-order chi connectivity index (χ0) is 18.7. The number of benzene rings is 1. The van der Waals surface area contributed by atoms with Gasteiger partial charge in [0.25, 0.3) is 0 Å². The molecular weight excluding hydrogens is 343 g/mol. The first-order valence-electron chi connectivity index (χ1n) is 7.67. The molecule has 0 fully saturated rings. The van der Waals surface area contributed by atoms with Gasteiger partial charge in [-0.15, -0.1) is 0 Å². The van der Waals surface area contributed by atoms with Gasteiger partial charge in [-0.3, -0.25) is 9.48 Å². The van der Waals surface area contributed by atoms with Crippen LogP contribution in [-0.2, 0) is 17.9 Å². The Morgan fingerprint density at radius 1 is 1.38 bits per heavy atom. The van der Waals surface area contributed by atoms with Crippen molar-refractivity contribution in [1.29, 1.82) is 0 Å². The van der Waals surface area contributed by atoms with E-state index in [0.29, 0.717) is 16.9 Å². The predicted molar refractivity (Wildman–Crippen MR) is 90.0 cm³/mol. The first-order valence-corrected chi connectivity index (χ1v) is 7.67. The van der Waals surface area contributed by atoms with E-state index in [1.165, 1.54) is 27.7 Å². The second-order valence-electron chi connectivity index (χ2n) is 5.62. The number of rotatable bonds is 6. The predicted octanol–water partition coefficient (Wildman–Crippen LogP) is 2.12. The maximum Gasteiger partial charge on any atom is 0.390 e. The van der Waals surface area contributed by atoms with Crippen LogP contribution in [0.3, 0.4) is 0 Å². The van der Waals surface area contributed by atoms with Crippen LogP contribution < -0.4 is 5.32 Å². The monoisotopic (exact) mass is 358 g/mol. The average Bonchev–Trinajstić information content (AvgIpc) is 3.17. The van der Waals surface area contributed by atoms with Crippen LogP contribution in [0.2, 0.25) is 0 Å². The Hall–Kier alpha value is -3.56. The maximum absolute atomic E-state index is 13.7. The quantitative estimate of drug-likeness (QED) is 0.536. The number of aromatic nitrogens is 4. The summed E-state index contributed by atoms with van der Waals surface area (Å²) in [5, 5.41) is 21.2. The molecule has 3 rings (SSSR count). The van der Waals surface area contributed by atoms with Crippen molar-refractivity contribution in [2.24, 2.45) is 0 Å². The lowest BCUT2D eigenvalue weighted by molar-refractivity contribution is -0.389. The van der Waals surface area contributed by atoms with Crippen molar-refractivity contribution in [3.05, 3.63) is 69.9 Å². The van der Waals surface area contributed by atoms with Gasteiger partial charge in [-0.1, -0.05) is 18.2 Å². The van der Waals surface area contributed by atoms with E-state index >= 15 is 0 Å². The molecule has 0 radical (unpaired) electrons. The fraction of sp³-hybridized carbons (Fsp3) is 0.188. The summed E-state index contributed by atoms with van der Waals surface area (Å²) < 4.78 is 16.4. The van der Waals surface area contributed by atoms with Gasteiger partial charge < -0.3 is 15.4 Å². The number of hydrogen-bond donors (Lipinski definition) is 1. The Morgan fingerprint density at radius 3 is 2.85 bits per heavy atom. The van der Waals surface area contributed by atoms with E-state index in [4.69, 9.17) is 0 Å². The van der Waals surface area contributed by atoms with Gasteiger partial charge in [-0.25, -0.2) is 4.39 Å². The van der Waals surface area contributed by atoms with Gasteiger partial charge in [0.2, 0.25) is 5.91 Å². The van der Waals surface area contributed by atoms with Gasteiger partial charge in [0.15, 0.2) is 0 Å². The van der Waals surface area contributed by atoms with Crippen LogP contribution >= 0.6 is 0 Å². The summed E-state index contributed by atoms with van der Waals surface area (Å²) >= 11 is 0. The first kappa shape index (κ1) is 17.3. The zero-order valence-corrected chi connectivity index (χ0v) is 13.8. The second kappa shape index (κ2) is 7.13. The van der Waals surface area contributed by atoms with Crippen LogP contribution in [0.5, 0.6) is 0 Å². The van der Waals surface area contributed by atoms with E-state index in [2.05, 4.69) is 15.5 Å². The molecule has 26 heavy (non-hydrogen) atoms. The molecule has 1 amide bonds. The first-order chi connectivity index (χ1) is 12.4. The molecule has 0 aliphatic carbocycles. The third-order valence-electron chi connectivity index (χ3n) is 3.66. The number of amides is 1. The summed E-state index contributed by atoms with van der Waals surface area (Å²) in [6, 6.07) is 7.65. The van der Waals surface area contributed by atoms with Crippen molar-refractivity contribution in [2.45, 2.75) is 20.0 Å². The van der Waals surface area contributed by atoms with Gasteiger partial charge >= 0.3 is 5.82 Å². The minimum absolute atomic E-state index is 0.168. The molecule has 0 unspecified atom stereocenters. The van der Waals surface area contributed by atoms with Crippen LogP contribution in [0.25, 0.3) is 0 Å². The molecule has 0 saturated carbocycles. The van der Waals surface area contributed by atoms with Crippen LogP contribution in [0.1, 0.15) is 11.3 Å². The third-order valence-corrected chi connectivity index (χ3v) is 3.66. The number of carbonyl (C=O) groups excluding carboxylic acids is 1. The van der Waals surface area contributed by atoms with E-state index < -0.39 is 10.8 Å². The fourth-order valence-electron chi connectivity index (χ4n) is 2.39. The molecular formula is C16H15FN6O3. The lowest BCUT2D eigenvalue weighted by Crippen LogP contribution is -2.20. The minimum Gasteiger partial charge on any atom is -0.358 e. The van der Waals surface area contributed by atoms with Crippen molar-refractivity contribution < 1.29 is 14.1 Å². The molecule has 0 spiro atoms. The smallest absolute Gasteiger partial charge is 0.358 e. The Labute approximate surface area is 147 Å². The molecule has 134 valence electrons. The Kier molecular flexibility index (Phi) is 4.74. The molecule has 0 bridgehead atoms. The van der Waals surface area contributed by atoms with Crippen molar-refractivity contribution in [1.82, 2.24) is 19.6 Å². The molecule has 0 saturated heterocycles. The topological polar surface area (TPSA) is 108 Å². The van der Waals surface area contributed by atoms with Gasteiger partial charge in [0.1, 0.15) is 12.4 Å². The van der Waals surface area contributed by atoms with Crippen molar-refractivity contribution in [2.75, 3.05) is 5.32 Å². The van der Waals surface area contributed by atoms with E-state index in [1.54, 1.807) is 31.3 Å².